The second-order valence-corrected chi connectivity index (χ2v) is 6.93. The highest BCUT2D eigenvalue weighted by Gasteiger charge is 2.38. The molecule has 0 amide bonds. The third-order valence-corrected chi connectivity index (χ3v) is 4.84. The molecule has 138 valence electrons. The van der Waals surface area contributed by atoms with Gasteiger partial charge >= 0.3 is 0 Å². The fourth-order valence-corrected chi connectivity index (χ4v) is 3.06. The minimum Gasteiger partial charge on any atom is -0.490 e. The Balaban J connectivity index is 1.60. The highest BCUT2D eigenvalue weighted by molar-refractivity contribution is 9.10. The summed E-state index contributed by atoms with van der Waals surface area (Å²) < 4.78 is 19.3. The number of rotatable bonds is 5. The summed E-state index contributed by atoms with van der Waals surface area (Å²) in [6.45, 7) is 0. The molecule has 1 saturated carbocycles. The molecular formula is C19H15BrFN3O3. The number of carbonyl (C=O) groups excluding carboxylic acids is 1. The van der Waals surface area contributed by atoms with Gasteiger partial charge in [-0.25, -0.2) is 14.9 Å². The first-order valence-corrected chi connectivity index (χ1v) is 8.94. The van der Waals surface area contributed by atoms with Crippen LogP contribution >= 0.6 is 15.9 Å². The van der Waals surface area contributed by atoms with Crippen molar-refractivity contribution in [3.8, 4) is 11.8 Å². The maximum atomic E-state index is 13.3. The molecule has 6 nitrogen and oxygen atoms in total. The van der Waals surface area contributed by atoms with Gasteiger partial charge < -0.3 is 4.74 Å². The van der Waals surface area contributed by atoms with Crippen molar-refractivity contribution in [3.05, 3.63) is 58.3 Å². The summed E-state index contributed by atoms with van der Waals surface area (Å²) in [5, 5.41) is 18.0. The molecule has 0 aromatic heterocycles. The summed E-state index contributed by atoms with van der Waals surface area (Å²) in [5.74, 6) is -0.667. The predicted octanol–water partition coefficient (Wildman–Crippen LogP) is 3.90. The Morgan fingerprint density at radius 2 is 2.00 bits per heavy atom. The van der Waals surface area contributed by atoms with Gasteiger partial charge in [0.1, 0.15) is 17.7 Å². The summed E-state index contributed by atoms with van der Waals surface area (Å²) in [4.78, 5) is 16.5. The molecule has 1 aliphatic rings. The van der Waals surface area contributed by atoms with E-state index in [0.717, 1.165) is 0 Å². The topological polar surface area (TPSA) is 94.7 Å². The number of carbonyl (C=O) groups is 1. The molecule has 0 spiro atoms. The van der Waals surface area contributed by atoms with Crippen LogP contribution in [0.3, 0.4) is 0 Å². The van der Waals surface area contributed by atoms with E-state index in [1.165, 1.54) is 18.2 Å². The van der Waals surface area contributed by atoms with E-state index in [0.29, 0.717) is 29.8 Å². The molecule has 0 radical (unpaired) electrons. The zero-order valence-corrected chi connectivity index (χ0v) is 15.6. The van der Waals surface area contributed by atoms with Crippen molar-refractivity contribution in [2.75, 3.05) is 0 Å². The van der Waals surface area contributed by atoms with Crippen LogP contribution in [0.2, 0.25) is 0 Å². The zero-order valence-electron chi connectivity index (χ0n) is 14.0. The molecule has 2 N–H and O–H groups in total. The largest absolute Gasteiger partial charge is 0.490 e. The van der Waals surface area contributed by atoms with Gasteiger partial charge in [-0.1, -0.05) is 0 Å². The molecule has 1 fully saturated rings. The zero-order chi connectivity index (χ0) is 19.4. The van der Waals surface area contributed by atoms with Gasteiger partial charge in [-0.05, 0) is 71.2 Å². The number of Topliss-reactive ketones (excluding diaryl/α,β-unsaturated/α-hetero) is 1. The Morgan fingerprint density at radius 1 is 1.30 bits per heavy atom. The predicted molar refractivity (Wildman–Crippen MR) is 99.4 cm³/mol. The van der Waals surface area contributed by atoms with Crippen LogP contribution < -0.4 is 10.2 Å². The van der Waals surface area contributed by atoms with Crippen molar-refractivity contribution >= 4 is 33.2 Å². The number of aliphatic imine (C=N–C) groups is 1. The van der Waals surface area contributed by atoms with E-state index in [1.54, 1.807) is 24.3 Å². The van der Waals surface area contributed by atoms with Crippen LogP contribution in [0.25, 0.3) is 0 Å². The van der Waals surface area contributed by atoms with E-state index >= 15 is 0 Å². The minimum absolute atomic E-state index is 0.119. The lowest BCUT2D eigenvalue weighted by Crippen LogP contribution is -2.44. The molecule has 2 aromatic carbocycles. The van der Waals surface area contributed by atoms with E-state index < -0.39 is 5.82 Å². The smallest absolute Gasteiger partial charge is 0.203 e. The van der Waals surface area contributed by atoms with Gasteiger partial charge in [0.2, 0.25) is 5.78 Å². The lowest BCUT2D eigenvalue weighted by Gasteiger charge is -2.34. The van der Waals surface area contributed by atoms with Crippen molar-refractivity contribution in [1.29, 1.82) is 5.26 Å². The van der Waals surface area contributed by atoms with Gasteiger partial charge in [-0.3, -0.25) is 10.0 Å². The third-order valence-electron chi connectivity index (χ3n) is 4.24. The van der Waals surface area contributed by atoms with Gasteiger partial charge in [0.15, 0.2) is 5.84 Å². The lowest BCUT2D eigenvalue weighted by molar-refractivity contribution is -0.122. The number of nitriles is 1. The first kappa shape index (κ1) is 19.0. The van der Waals surface area contributed by atoms with Crippen LogP contribution in [0.1, 0.15) is 18.4 Å². The number of hydrogen-bond acceptors (Lipinski definition) is 5. The van der Waals surface area contributed by atoms with Gasteiger partial charge in [-0.15, -0.1) is 0 Å². The van der Waals surface area contributed by atoms with Crippen molar-refractivity contribution in [2.24, 2.45) is 10.9 Å². The quantitative estimate of drug-likeness (QED) is 0.425. The molecule has 27 heavy (non-hydrogen) atoms. The first-order valence-electron chi connectivity index (χ1n) is 8.15. The molecule has 0 aliphatic heterocycles. The second-order valence-electron chi connectivity index (χ2n) is 6.08. The van der Waals surface area contributed by atoms with E-state index in [9.17, 15) is 14.4 Å². The summed E-state index contributed by atoms with van der Waals surface area (Å²) >= 11 is 3.05. The second kappa shape index (κ2) is 8.29. The summed E-state index contributed by atoms with van der Waals surface area (Å²) in [6, 6.07) is 12.8. The van der Waals surface area contributed by atoms with E-state index in [-0.39, 0.29) is 28.1 Å². The average molecular weight is 432 g/mol. The molecule has 0 atom stereocenters. The maximum Gasteiger partial charge on any atom is 0.203 e. The van der Waals surface area contributed by atoms with Crippen molar-refractivity contribution in [2.45, 2.75) is 18.9 Å². The molecule has 0 saturated heterocycles. The van der Waals surface area contributed by atoms with Crippen LogP contribution in [0.5, 0.6) is 5.75 Å². The standard InChI is InChI=1S/C19H15BrFN3O3/c20-16-9-13(3-6-17(16)21)23-19(24-26)18(25)12-7-15(8-12)27-14-4-1-11(10-22)2-5-14/h1-6,9,12,15,26H,7-8H2,(H,23,24). The molecular weight excluding hydrogens is 417 g/mol. The van der Waals surface area contributed by atoms with Gasteiger partial charge in [-0.2, -0.15) is 5.26 Å². The summed E-state index contributed by atoms with van der Waals surface area (Å²) in [6.07, 6.45) is 0.867. The van der Waals surface area contributed by atoms with Gasteiger partial charge in [0.05, 0.1) is 21.8 Å². The van der Waals surface area contributed by atoms with Crippen LogP contribution in [0.15, 0.2) is 51.9 Å². The molecule has 3 rings (SSSR count). The Morgan fingerprint density at radius 3 is 2.59 bits per heavy atom. The molecule has 2 aromatic rings. The van der Waals surface area contributed by atoms with Crippen LogP contribution in [-0.4, -0.2) is 22.9 Å². The number of halogens is 2. The van der Waals surface area contributed by atoms with Crippen LogP contribution in [0.4, 0.5) is 10.1 Å². The lowest BCUT2D eigenvalue weighted by atomic mass is 9.79. The van der Waals surface area contributed by atoms with Crippen molar-refractivity contribution in [1.82, 2.24) is 5.48 Å². The number of hydrogen-bond donors (Lipinski definition) is 2. The van der Waals surface area contributed by atoms with Crippen LogP contribution in [0, 0.1) is 23.1 Å². The molecule has 0 bridgehead atoms. The number of amidine groups is 1. The summed E-state index contributed by atoms with van der Waals surface area (Å²) in [7, 11) is 0. The molecule has 0 heterocycles. The highest BCUT2D eigenvalue weighted by Crippen LogP contribution is 2.33. The van der Waals surface area contributed by atoms with Gasteiger partial charge in [0.25, 0.3) is 0 Å². The highest BCUT2D eigenvalue weighted by atomic mass is 79.9. The van der Waals surface area contributed by atoms with Gasteiger partial charge in [0, 0.05) is 5.92 Å². The van der Waals surface area contributed by atoms with E-state index in [4.69, 9.17) is 10.00 Å². The number of nitrogens with zero attached hydrogens (tertiary/aromatic N) is 2. The minimum atomic E-state index is -0.444. The van der Waals surface area contributed by atoms with E-state index in [2.05, 4.69) is 20.9 Å². The fraction of sp³-hybridized carbons (Fsp3) is 0.211. The number of ketones is 1. The monoisotopic (exact) mass is 431 g/mol. The van der Waals surface area contributed by atoms with Crippen molar-refractivity contribution < 1.29 is 19.1 Å². The molecule has 8 heteroatoms. The molecule has 0 unspecified atom stereocenters. The van der Waals surface area contributed by atoms with Crippen LogP contribution in [-0.2, 0) is 4.79 Å². The average Bonchev–Trinajstić information content (AvgIpc) is 2.65. The normalized spacial score (nSPS) is 19.0. The Kier molecular flexibility index (Phi) is 5.84. The number of hydroxylamine groups is 1. The third kappa shape index (κ3) is 4.51. The molecule has 1 aliphatic carbocycles. The SMILES string of the molecule is N#Cc1ccc(OC2CC(C(=O)C(=Nc3ccc(F)c(Br)c3)NO)C2)cc1. The number of ether oxygens (including phenoxy) is 1. The van der Waals surface area contributed by atoms with E-state index in [1.807, 2.05) is 11.5 Å². The number of benzene rings is 2. The number of nitrogens with one attached hydrogen (secondary N) is 1. The Labute approximate surface area is 163 Å². The fourth-order valence-electron chi connectivity index (χ4n) is 2.69. The Hall–Kier alpha value is -2.76. The maximum absolute atomic E-state index is 13.3. The van der Waals surface area contributed by atoms with Crippen molar-refractivity contribution in [3.63, 3.8) is 0 Å². The first-order chi connectivity index (χ1) is 13.0. The summed E-state index contributed by atoms with van der Waals surface area (Å²) in [5.41, 5.74) is 2.71. The Bertz CT molecular complexity index is 919.